The predicted octanol–water partition coefficient (Wildman–Crippen LogP) is 5.20. The van der Waals surface area contributed by atoms with Gasteiger partial charge in [-0.1, -0.05) is 42.5 Å². The lowest BCUT2D eigenvalue weighted by Gasteiger charge is -2.24. The number of ether oxygens (including phenoxy) is 1. The summed E-state index contributed by atoms with van der Waals surface area (Å²) in [5.41, 5.74) is 2.79. The maximum absolute atomic E-state index is 12.8. The molecule has 0 radical (unpaired) electrons. The molecule has 1 unspecified atom stereocenters. The molecular formula is C22H16F3N3O2. The van der Waals surface area contributed by atoms with Crippen LogP contribution in [0.5, 0.6) is 5.75 Å². The van der Waals surface area contributed by atoms with Crippen LogP contribution in [-0.4, -0.2) is 17.6 Å². The summed E-state index contributed by atoms with van der Waals surface area (Å²) in [6, 6.07) is 16.2. The molecule has 2 aromatic carbocycles. The van der Waals surface area contributed by atoms with Crippen LogP contribution in [-0.2, 0) is 4.79 Å². The molecule has 0 fully saturated rings. The van der Waals surface area contributed by atoms with Gasteiger partial charge in [-0.15, -0.1) is 13.2 Å². The van der Waals surface area contributed by atoms with Crippen molar-refractivity contribution in [2.45, 2.75) is 12.4 Å². The second-order valence-electron chi connectivity index (χ2n) is 6.51. The third-order valence-corrected chi connectivity index (χ3v) is 4.51. The summed E-state index contributed by atoms with van der Waals surface area (Å²) >= 11 is 0. The lowest BCUT2D eigenvalue weighted by Crippen LogP contribution is -2.23. The molecule has 0 amide bonds. The van der Waals surface area contributed by atoms with Gasteiger partial charge in [0.2, 0.25) is 0 Å². The van der Waals surface area contributed by atoms with Gasteiger partial charge in [-0.3, -0.25) is 0 Å². The quantitative estimate of drug-likeness (QED) is 0.565. The molecule has 1 atom stereocenters. The molecule has 152 valence electrons. The van der Waals surface area contributed by atoms with Crippen LogP contribution in [0.1, 0.15) is 17.2 Å². The molecule has 0 saturated carbocycles. The Hall–Kier alpha value is -3.81. The molecule has 0 aliphatic carbocycles. The van der Waals surface area contributed by atoms with Crippen molar-refractivity contribution >= 4 is 23.9 Å². The smallest absolute Gasteiger partial charge is 0.404 e. The molecule has 1 aliphatic heterocycles. The first-order valence-electron chi connectivity index (χ1n) is 9.04. The number of alkyl halides is 3. The zero-order valence-electron chi connectivity index (χ0n) is 15.5. The number of nitrogens with zero attached hydrogens (tertiary/aromatic N) is 1. The molecule has 4 rings (SSSR count). The maximum atomic E-state index is 12.8. The van der Waals surface area contributed by atoms with Crippen molar-refractivity contribution in [1.82, 2.24) is 10.3 Å². The van der Waals surface area contributed by atoms with Gasteiger partial charge in [0.1, 0.15) is 18.1 Å². The number of aldehydes is 1. The third kappa shape index (κ3) is 4.12. The summed E-state index contributed by atoms with van der Waals surface area (Å²) in [6.07, 6.45) is -0.685. The van der Waals surface area contributed by atoms with Crippen LogP contribution in [0, 0.1) is 0 Å². The highest BCUT2D eigenvalue weighted by Crippen LogP contribution is 2.37. The zero-order valence-corrected chi connectivity index (χ0v) is 15.5. The van der Waals surface area contributed by atoms with Crippen LogP contribution < -0.4 is 15.4 Å². The average molecular weight is 411 g/mol. The van der Waals surface area contributed by atoms with Gasteiger partial charge in [0.05, 0.1) is 11.4 Å². The molecule has 8 heteroatoms. The van der Waals surface area contributed by atoms with E-state index in [9.17, 15) is 18.0 Å². The number of carbonyl (C=O) groups excluding carboxylic acids is 1. The van der Waals surface area contributed by atoms with E-state index in [2.05, 4.69) is 20.4 Å². The maximum Gasteiger partial charge on any atom is 0.573 e. The van der Waals surface area contributed by atoms with Crippen LogP contribution >= 0.6 is 0 Å². The van der Waals surface area contributed by atoms with Crippen LogP contribution in [0.4, 0.5) is 24.7 Å². The molecule has 5 nitrogen and oxygen atoms in total. The number of hydrogen-bond donors (Lipinski definition) is 2. The monoisotopic (exact) mass is 411 g/mol. The van der Waals surface area contributed by atoms with E-state index in [0.29, 0.717) is 11.3 Å². The highest BCUT2D eigenvalue weighted by Gasteiger charge is 2.32. The lowest BCUT2D eigenvalue weighted by atomic mass is 9.97. The Kier molecular flexibility index (Phi) is 5.14. The van der Waals surface area contributed by atoms with Crippen molar-refractivity contribution in [3.05, 3.63) is 78.0 Å². The van der Waals surface area contributed by atoms with Crippen molar-refractivity contribution < 1.29 is 22.7 Å². The van der Waals surface area contributed by atoms with E-state index in [0.717, 1.165) is 17.4 Å². The van der Waals surface area contributed by atoms with Gasteiger partial charge < -0.3 is 20.2 Å². The van der Waals surface area contributed by atoms with E-state index < -0.39 is 18.2 Å². The van der Waals surface area contributed by atoms with Crippen molar-refractivity contribution in [2.75, 3.05) is 5.32 Å². The van der Waals surface area contributed by atoms with Gasteiger partial charge in [0, 0.05) is 11.1 Å². The predicted molar refractivity (Wildman–Crippen MR) is 107 cm³/mol. The van der Waals surface area contributed by atoms with E-state index >= 15 is 0 Å². The Bertz CT molecular complexity index is 1100. The third-order valence-electron chi connectivity index (χ3n) is 4.51. The van der Waals surface area contributed by atoms with E-state index in [1.165, 1.54) is 18.2 Å². The van der Waals surface area contributed by atoms with Gasteiger partial charge in [0.25, 0.3) is 0 Å². The van der Waals surface area contributed by atoms with Gasteiger partial charge >= 0.3 is 6.36 Å². The number of pyridine rings is 1. The van der Waals surface area contributed by atoms with E-state index in [1.807, 2.05) is 36.4 Å². The highest BCUT2D eigenvalue weighted by molar-refractivity contribution is 5.80. The standard InChI is InChI=1S/C22H16F3N3O2/c23-22(24,25)30-19-9-5-4-8-16(19)27-21-20-15(10-11-26-18(20)13-29)12-17(28-21)14-6-2-1-3-7-14/h1-13,18,26H,(H,27,28). The second-order valence-corrected chi connectivity index (χ2v) is 6.51. The van der Waals surface area contributed by atoms with Crippen LogP contribution in [0.3, 0.4) is 0 Å². The van der Waals surface area contributed by atoms with Crippen LogP contribution in [0.15, 0.2) is 66.9 Å². The van der Waals surface area contributed by atoms with E-state index in [1.54, 1.807) is 18.3 Å². The normalized spacial score (nSPS) is 15.1. The summed E-state index contributed by atoms with van der Waals surface area (Å²) in [4.78, 5) is 16.2. The Morgan fingerprint density at radius 1 is 1.07 bits per heavy atom. The summed E-state index contributed by atoms with van der Waals surface area (Å²) < 4.78 is 42.5. The first-order valence-corrected chi connectivity index (χ1v) is 9.04. The number of para-hydroxylation sites is 2. The summed E-state index contributed by atoms with van der Waals surface area (Å²) in [7, 11) is 0. The number of aromatic nitrogens is 1. The van der Waals surface area contributed by atoms with Crippen LogP contribution in [0.2, 0.25) is 0 Å². The van der Waals surface area contributed by atoms with Gasteiger partial charge in [0.15, 0.2) is 5.75 Å². The number of hydrogen-bond acceptors (Lipinski definition) is 5. The molecule has 0 spiro atoms. The van der Waals surface area contributed by atoms with Crippen molar-refractivity contribution in [3.8, 4) is 17.0 Å². The fraction of sp³-hybridized carbons (Fsp3) is 0.0909. The Labute approximate surface area is 170 Å². The largest absolute Gasteiger partial charge is 0.573 e. The topological polar surface area (TPSA) is 63.2 Å². The highest BCUT2D eigenvalue weighted by atomic mass is 19.4. The first kappa shape index (κ1) is 19.5. The number of benzene rings is 2. The van der Waals surface area contributed by atoms with Gasteiger partial charge in [-0.05, 0) is 36.0 Å². The second kappa shape index (κ2) is 7.90. The zero-order chi connectivity index (χ0) is 21.1. The summed E-state index contributed by atoms with van der Waals surface area (Å²) in [6.45, 7) is 0. The molecule has 0 bridgehead atoms. The Morgan fingerprint density at radius 2 is 1.80 bits per heavy atom. The molecule has 2 heterocycles. The minimum absolute atomic E-state index is 0.0777. The molecule has 2 N–H and O–H groups in total. The van der Waals surface area contributed by atoms with Gasteiger partial charge in [-0.2, -0.15) is 0 Å². The van der Waals surface area contributed by atoms with E-state index in [4.69, 9.17) is 0 Å². The number of nitrogens with one attached hydrogen (secondary N) is 2. The van der Waals surface area contributed by atoms with E-state index in [-0.39, 0.29) is 11.5 Å². The fourth-order valence-corrected chi connectivity index (χ4v) is 3.23. The molecule has 3 aromatic rings. The van der Waals surface area contributed by atoms with Crippen molar-refractivity contribution in [3.63, 3.8) is 0 Å². The summed E-state index contributed by atoms with van der Waals surface area (Å²) in [5.74, 6) is -0.133. The molecule has 0 saturated heterocycles. The lowest BCUT2D eigenvalue weighted by molar-refractivity contribution is -0.274. The number of carbonyl (C=O) groups is 1. The molecule has 1 aliphatic rings. The molecule has 30 heavy (non-hydrogen) atoms. The summed E-state index contributed by atoms with van der Waals surface area (Å²) in [5, 5.41) is 5.85. The first-order chi connectivity index (χ1) is 14.4. The van der Waals surface area contributed by atoms with Crippen molar-refractivity contribution in [1.29, 1.82) is 0 Å². The fourth-order valence-electron chi connectivity index (χ4n) is 3.23. The Morgan fingerprint density at radius 3 is 2.53 bits per heavy atom. The number of halogens is 3. The average Bonchev–Trinajstić information content (AvgIpc) is 2.74. The number of fused-ring (bicyclic) bond motifs is 1. The number of rotatable bonds is 5. The van der Waals surface area contributed by atoms with Crippen LogP contribution in [0.25, 0.3) is 17.3 Å². The minimum atomic E-state index is -4.84. The van der Waals surface area contributed by atoms with Crippen molar-refractivity contribution in [2.24, 2.45) is 0 Å². The number of anilines is 2. The SMILES string of the molecule is O=CC1NC=Cc2cc(-c3ccccc3)nc(Nc3ccccc3OC(F)(F)F)c21. The molecular weight excluding hydrogens is 395 g/mol. The minimum Gasteiger partial charge on any atom is -0.404 e. The van der Waals surface area contributed by atoms with Gasteiger partial charge in [-0.25, -0.2) is 4.98 Å². The molecule has 1 aromatic heterocycles. The Balaban J connectivity index is 1.83.